The molecule has 0 bridgehead atoms. The number of hydrogen-bond donors (Lipinski definition) is 0. The van der Waals surface area contributed by atoms with Gasteiger partial charge in [0.25, 0.3) is 0 Å². The van der Waals surface area contributed by atoms with Crippen molar-refractivity contribution in [1.82, 2.24) is 9.97 Å². The molecule has 0 spiro atoms. The van der Waals surface area contributed by atoms with Gasteiger partial charge in [0.2, 0.25) is 0 Å². The molecule has 30 heavy (non-hydrogen) atoms. The number of ketones is 1. The standard InChI is InChI=1S/C23H12Cl2F2N2O/c24-17-9-11-28-21(13-1-5-15(26)6-2-13)19(17)23(30)20-18(25)10-12-29-22(20)14-3-7-16(27)8-4-14/h1-12H. The molecule has 7 heteroatoms. The van der Waals surface area contributed by atoms with Crippen LogP contribution in [0.3, 0.4) is 0 Å². The monoisotopic (exact) mass is 440 g/mol. The third kappa shape index (κ3) is 3.82. The van der Waals surface area contributed by atoms with Crippen molar-refractivity contribution in [3.63, 3.8) is 0 Å². The lowest BCUT2D eigenvalue weighted by Crippen LogP contribution is -2.09. The third-order valence-corrected chi connectivity index (χ3v) is 5.12. The van der Waals surface area contributed by atoms with Crippen LogP contribution >= 0.6 is 23.2 Å². The average Bonchev–Trinajstić information content (AvgIpc) is 2.74. The number of nitrogens with zero attached hydrogens (tertiary/aromatic N) is 2. The van der Waals surface area contributed by atoms with Crippen molar-refractivity contribution < 1.29 is 13.6 Å². The zero-order valence-corrected chi connectivity index (χ0v) is 16.8. The van der Waals surface area contributed by atoms with Gasteiger partial charge in [-0.1, -0.05) is 23.2 Å². The van der Waals surface area contributed by atoms with E-state index >= 15 is 0 Å². The Morgan fingerprint density at radius 2 is 1.00 bits per heavy atom. The van der Waals surface area contributed by atoms with E-state index in [9.17, 15) is 13.6 Å². The zero-order chi connectivity index (χ0) is 21.3. The average molecular weight is 441 g/mol. The van der Waals surface area contributed by atoms with Gasteiger partial charge < -0.3 is 0 Å². The van der Waals surface area contributed by atoms with E-state index in [1.54, 1.807) is 0 Å². The van der Waals surface area contributed by atoms with E-state index in [1.165, 1.54) is 73.1 Å². The van der Waals surface area contributed by atoms with Crippen LogP contribution < -0.4 is 0 Å². The van der Waals surface area contributed by atoms with Crippen LogP contribution in [0.1, 0.15) is 15.9 Å². The van der Waals surface area contributed by atoms with E-state index in [0.29, 0.717) is 11.1 Å². The number of carbonyl (C=O) groups is 1. The van der Waals surface area contributed by atoms with Gasteiger partial charge in [0.15, 0.2) is 5.78 Å². The molecule has 4 rings (SSSR count). The molecule has 2 aromatic heterocycles. The molecule has 2 aromatic carbocycles. The van der Waals surface area contributed by atoms with Crippen LogP contribution in [0, 0.1) is 11.6 Å². The molecule has 0 amide bonds. The molecule has 0 saturated carbocycles. The van der Waals surface area contributed by atoms with Crippen LogP contribution in [0.2, 0.25) is 10.0 Å². The van der Waals surface area contributed by atoms with Gasteiger partial charge >= 0.3 is 0 Å². The Labute approximate surface area is 181 Å². The number of hydrogen-bond acceptors (Lipinski definition) is 3. The number of rotatable bonds is 4. The highest BCUT2D eigenvalue weighted by atomic mass is 35.5. The number of halogens is 4. The maximum absolute atomic E-state index is 13.6. The van der Waals surface area contributed by atoms with Gasteiger partial charge in [-0.2, -0.15) is 0 Å². The number of benzene rings is 2. The second-order valence-electron chi connectivity index (χ2n) is 6.38. The SMILES string of the molecule is O=C(c1c(Cl)ccnc1-c1ccc(F)cc1)c1c(Cl)ccnc1-c1ccc(F)cc1. The zero-order valence-electron chi connectivity index (χ0n) is 15.2. The summed E-state index contributed by atoms with van der Waals surface area (Å²) in [5, 5.41) is 0.332. The molecule has 0 fully saturated rings. The van der Waals surface area contributed by atoms with Crippen molar-refractivity contribution in [1.29, 1.82) is 0 Å². The normalized spacial score (nSPS) is 10.8. The minimum atomic E-state index is -0.496. The Kier molecular flexibility index (Phi) is 5.57. The maximum atomic E-state index is 13.6. The molecular formula is C23H12Cl2F2N2O. The first-order valence-corrected chi connectivity index (χ1v) is 9.57. The summed E-state index contributed by atoms with van der Waals surface area (Å²) in [6.07, 6.45) is 2.92. The highest BCUT2D eigenvalue weighted by Gasteiger charge is 2.25. The Morgan fingerprint density at radius 3 is 1.37 bits per heavy atom. The highest BCUT2D eigenvalue weighted by molar-refractivity contribution is 6.39. The predicted molar refractivity (Wildman–Crippen MR) is 113 cm³/mol. The summed E-state index contributed by atoms with van der Waals surface area (Å²) in [4.78, 5) is 22.2. The Bertz CT molecular complexity index is 1150. The first-order valence-electron chi connectivity index (χ1n) is 8.81. The highest BCUT2D eigenvalue weighted by Crippen LogP contribution is 2.34. The minimum absolute atomic E-state index is 0.115. The Morgan fingerprint density at radius 1 is 0.633 bits per heavy atom. The van der Waals surface area contributed by atoms with Crippen molar-refractivity contribution in [2.75, 3.05) is 0 Å². The van der Waals surface area contributed by atoms with E-state index in [1.807, 2.05) is 0 Å². The molecule has 0 aliphatic heterocycles. The number of aromatic nitrogens is 2. The Balaban J connectivity index is 1.91. The molecule has 148 valence electrons. The van der Waals surface area contributed by atoms with Gasteiger partial charge in [0.05, 0.1) is 32.6 Å². The largest absolute Gasteiger partial charge is 0.288 e. The van der Waals surface area contributed by atoms with Gasteiger partial charge in [-0.25, -0.2) is 8.78 Å². The van der Waals surface area contributed by atoms with Gasteiger partial charge in [-0.3, -0.25) is 14.8 Å². The lowest BCUT2D eigenvalue weighted by atomic mass is 9.95. The molecule has 0 radical (unpaired) electrons. The van der Waals surface area contributed by atoms with Crippen molar-refractivity contribution >= 4 is 29.0 Å². The second kappa shape index (κ2) is 8.30. The Hall–Kier alpha value is -3.15. The summed E-state index contributed by atoms with van der Waals surface area (Å²) in [6.45, 7) is 0. The van der Waals surface area contributed by atoms with Crippen molar-refractivity contribution in [3.05, 3.63) is 106 Å². The fourth-order valence-electron chi connectivity index (χ4n) is 3.09. The topological polar surface area (TPSA) is 42.9 Å². The van der Waals surface area contributed by atoms with Crippen LogP contribution in [-0.2, 0) is 0 Å². The first kappa shape index (κ1) is 20.1. The molecule has 4 aromatic rings. The van der Waals surface area contributed by atoms with Crippen molar-refractivity contribution in [2.45, 2.75) is 0 Å². The van der Waals surface area contributed by atoms with E-state index in [2.05, 4.69) is 9.97 Å². The molecule has 3 nitrogen and oxygen atoms in total. The van der Waals surface area contributed by atoms with Crippen LogP contribution in [0.5, 0.6) is 0 Å². The van der Waals surface area contributed by atoms with Crippen LogP contribution in [0.25, 0.3) is 22.5 Å². The third-order valence-electron chi connectivity index (χ3n) is 4.49. The quantitative estimate of drug-likeness (QED) is 0.334. The van der Waals surface area contributed by atoms with Gasteiger partial charge in [-0.05, 0) is 60.7 Å². The van der Waals surface area contributed by atoms with Gasteiger partial charge in [-0.15, -0.1) is 0 Å². The smallest absolute Gasteiger partial charge is 0.200 e. The molecule has 0 N–H and O–H groups in total. The first-order chi connectivity index (χ1) is 14.5. The van der Waals surface area contributed by atoms with E-state index < -0.39 is 17.4 Å². The molecule has 0 aliphatic rings. The summed E-state index contributed by atoms with van der Waals surface area (Å²) in [7, 11) is 0. The summed E-state index contributed by atoms with van der Waals surface area (Å²) in [6, 6.07) is 14.1. The predicted octanol–water partition coefficient (Wildman–Crippen LogP) is 6.63. The molecule has 0 aliphatic carbocycles. The molecule has 0 unspecified atom stereocenters. The lowest BCUT2D eigenvalue weighted by Gasteiger charge is -2.14. The van der Waals surface area contributed by atoms with E-state index in [4.69, 9.17) is 23.2 Å². The summed E-state index contributed by atoms with van der Waals surface area (Å²) in [5.41, 5.74) is 1.85. The molecule has 0 atom stereocenters. The molecular weight excluding hydrogens is 429 g/mol. The van der Waals surface area contributed by atoms with E-state index in [-0.39, 0.29) is 32.6 Å². The summed E-state index contributed by atoms with van der Waals surface area (Å²) in [5.74, 6) is -1.32. The second-order valence-corrected chi connectivity index (χ2v) is 7.19. The molecule has 0 saturated heterocycles. The number of carbonyl (C=O) groups excluding carboxylic acids is 1. The lowest BCUT2D eigenvalue weighted by molar-refractivity contribution is 0.103. The van der Waals surface area contributed by atoms with Crippen molar-refractivity contribution in [3.8, 4) is 22.5 Å². The maximum Gasteiger partial charge on any atom is 0.200 e. The van der Waals surface area contributed by atoms with Crippen LogP contribution in [-0.4, -0.2) is 15.8 Å². The van der Waals surface area contributed by atoms with Gasteiger partial charge in [0, 0.05) is 23.5 Å². The van der Waals surface area contributed by atoms with Crippen molar-refractivity contribution in [2.24, 2.45) is 0 Å². The van der Waals surface area contributed by atoms with Gasteiger partial charge in [0.1, 0.15) is 11.6 Å². The van der Waals surface area contributed by atoms with Crippen LogP contribution in [0.15, 0.2) is 73.1 Å². The van der Waals surface area contributed by atoms with Crippen LogP contribution in [0.4, 0.5) is 8.78 Å². The minimum Gasteiger partial charge on any atom is -0.288 e. The summed E-state index contributed by atoms with van der Waals surface area (Å²) >= 11 is 12.8. The molecule has 2 heterocycles. The fraction of sp³-hybridized carbons (Fsp3) is 0. The fourth-order valence-corrected chi connectivity index (χ4v) is 3.55. The summed E-state index contributed by atoms with van der Waals surface area (Å²) < 4.78 is 26.7. The van der Waals surface area contributed by atoms with E-state index in [0.717, 1.165) is 0 Å². The number of pyridine rings is 2.